The predicted octanol–water partition coefficient (Wildman–Crippen LogP) is 4.48. The highest BCUT2D eigenvalue weighted by molar-refractivity contribution is 7.89. The number of aliphatic imine (C=N–C) groups is 1. The fraction of sp³-hybridized carbons (Fsp3) is 0.120. The van der Waals surface area contributed by atoms with Crippen molar-refractivity contribution < 1.29 is 18.3 Å². The monoisotopic (exact) mass is 497 g/mol. The van der Waals surface area contributed by atoms with Crippen LogP contribution in [0.4, 0.5) is 11.4 Å². The number of carbonyl (C=O) groups excluding carboxylic acids is 1. The van der Waals surface area contributed by atoms with Gasteiger partial charge in [0.2, 0.25) is 10.0 Å². The smallest absolute Gasteiger partial charge is 0.255 e. The van der Waals surface area contributed by atoms with Crippen LogP contribution in [0, 0.1) is 6.92 Å². The van der Waals surface area contributed by atoms with Crippen molar-refractivity contribution in [3.05, 3.63) is 101 Å². The highest BCUT2D eigenvalue weighted by atomic mass is 35.5. The van der Waals surface area contributed by atoms with Gasteiger partial charge in [-0.2, -0.15) is 0 Å². The number of nitrogens with zero attached hydrogens (tertiary/aromatic N) is 1. The number of hydrogen-bond donors (Lipinski definition) is 3. The molecular formula is C25H24ClN3O4S. The number of aliphatic hydroxyl groups is 1. The molecular weight excluding hydrogens is 474 g/mol. The second kappa shape index (κ2) is 11.2. The van der Waals surface area contributed by atoms with E-state index in [0.717, 1.165) is 11.3 Å². The number of hydrogen-bond acceptors (Lipinski definition) is 5. The van der Waals surface area contributed by atoms with Crippen LogP contribution in [0.1, 0.15) is 21.5 Å². The van der Waals surface area contributed by atoms with Crippen molar-refractivity contribution >= 4 is 44.6 Å². The second-order valence-electron chi connectivity index (χ2n) is 7.28. The lowest BCUT2D eigenvalue weighted by Gasteiger charge is -2.11. The van der Waals surface area contributed by atoms with Crippen molar-refractivity contribution in [2.75, 3.05) is 18.5 Å². The maximum absolute atomic E-state index is 12.7. The largest absolute Gasteiger partial charge is 0.395 e. The van der Waals surface area contributed by atoms with Crippen molar-refractivity contribution in [1.29, 1.82) is 0 Å². The third-order valence-electron chi connectivity index (χ3n) is 4.88. The Bertz CT molecular complexity index is 1340. The van der Waals surface area contributed by atoms with Crippen molar-refractivity contribution in [1.82, 2.24) is 4.72 Å². The van der Waals surface area contributed by atoms with Crippen molar-refractivity contribution in [2.24, 2.45) is 4.99 Å². The predicted molar refractivity (Wildman–Crippen MR) is 136 cm³/mol. The van der Waals surface area contributed by atoms with Crippen LogP contribution in [-0.2, 0) is 10.0 Å². The number of halogens is 1. The van der Waals surface area contributed by atoms with Gasteiger partial charge in [-0.25, -0.2) is 18.1 Å². The summed E-state index contributed by atoms with van der Waals surface area (Å²) in [5.74, 6) is -0.420. The summed E-state index contributed by atoms with van der Waals surface area (Å²) in [5, 5.41) is 12.0. The highest BCUT2D eigenvalue weighted by Gasteiger charge is 2.15. The zero-order chi connectivity index (χ0) is 24.7. The number of aliphatic hydroxyl groups excluding tert-OH is 1. The zero-order valence-electron chi connectivity index (χ0n) is 18.5. The molecule has 3 N–H and O–H groups in total. The number of aryl methyl sites for hydroxylation is 1. The summed E-state index contributed by atoms with van der Waals surface area (Å²) < 4.78 is 26.5. The van der Waals surface area contributed by atoms with E-state index in [-0.39, 0.29) is 23.6 Å². The number of carbonyl (C=O) groups is 1. The number of anilines is 1. The van der Waals surface area contributed by atoms with Gasteiger partial charge in [-0.1, -0.05) is 36.4 Å². The first-order valence-corrected chi connectivity index (χ1v) is 12.2. The van der Waals surface area contributed by atoms with Gasteiger partial charge in [-0.15, -0.1) is 0 Å². The molecule has 0 spiro atoms. The molecule has 3 aromatic carbocycles. The molecule has 0 radical (unpaired) electrons. The molecule has 3 rings (SSSR count). The zero-order valence-corrected chi connectivity index (χ0v) is 20.0. The maximum atomic E-state index is 12.7. The van der Waals surface area contributed by atoms with Crippen LogP contribution in [0.15, 0.2) is 89.3 Å². The number of para-hydroxylation sites is 1. The summed E-state index contributed by atoms with van der Waals surface area (Å²) >= 11 is 6.41. The number of amides is 1. The average Bonchev–Trinajstić information content (AvgIpc) is 2.83. The highest BCUT2D eigenvalue weighted by Crippen LogP contribution is 2.25. The molecule has 0 unspecified atom stereocenters. The molecule has 0 saturated carbocycles. The molecule has 0 aromatic heterocycles. The molecule has 34 heavy (non-hydrogen) atoms. The van der Waals surface area contributed by atoms with Crippen molar-refractivity contribution in [3.8, 4) is 0 Å². The van der Waals surface area contributed by atoms with Gasteiger partial charge in [-0.05, 0) is 67.1 Å². The van der Waals surface area contributed by atoms with E-state index in [4.69, 9.17) is 16.7 Å². The Kier molecular flexibility index (Phi) is 8.36. The summed E-state index contributed by atoms with van der Waals surface area (Å²) in [6.07, 6.45) is 1.60. The first-order chi connectivity index (χ1) is 16.2. The van der Waals surface area contributed by atoms with Gasteiger partial charge in [0.15, 0.2) is 0 Å². The lowest BCUT2D eigenvalue weighted by Crippen LogP contribution is -2.26. The lowest BCUT2D eigenvalue weighted by molar-refractivity contribution is 0.102. The summed E-state index contributed by atoms with van der Waals surface area (Å²) in [5.41, 5.74) is 3.71. The second-order valence-corrected chi connectivity index (χ2v) is 9.46. The number of nitrogens with one attached hydrogen (secondary N) is 2. The van der Waals surface area contributed by atoms with Gasteiger partial charge in [0.1, 0.15) is 0 Å². The molecule has 9 heteroatoms. The maximum Gasteiger partial charge on any atom is 0.255 e. The number of sulfonamides is 1. The van der Waals surface area contributed by atoms with E-state index in [9.17, 15) is 13.2 Å². The first-order valence-electron chi connectivity index (χ1n) is 10.3. The van der Waals surface area contributed by atoms with E-state index in [1.807, 2.05) is 31.2 Å². The van der Waals surface area contributed by atoms with Crippen LogP contribution in [-0.4, -0.2) is 38.3 Å². The molecule has 0 saturated heterocycles. The van der Waals surface area contributed by atoms with Gasteiger partial charge in [0.05, 0.1) is 27.9 Å². The van der Waals surface area contributed by atoms with Gasteiger partial charge in [-0.3, -0.25) is 4.79 Å². The van der Waals surface area contributed by atoms with E-state index in [2.05, 4.69) is 21.6 Å². The first kappa shape index (κ1) is 25.3. The fourth-order valence-corrected chi connectivity index (χ4v) is 4.32. The number of rotatable bonds is 9. The fourth-order valence-electron chi connectivity index (χ4n) is 3.09. The minimum atomic E-state index is -3.75. The third kappa shape index (κ3) is 6.18. The minimum Gasteiger partial charge on any atom is -0.395 e. The Balaban J connectivity index is 1.83. The molecule has 176 valence electrons. The van der Waals surface area contributed by atoms with Gasteiger partial charge in [0.25, 0.3) is 5.91 Å². The molecule has 0 fully saturated rings. The Morgan fingerprint density at radius 1 is 1.12 bits per heavy atom. The Morgan fingerprint density at radius 2 is 1.82 bits per heavy atom. The molecule has 0 heterocycles. The minimum absolute atomic E-state index is 0.00526. The third-order valence-corrected chi connectivity index (χ3v) is 6.69. The molecule has 0 aliphatic rings. The Morgan fingerprint density at radius 3 is 2.47 bits per heavy atom. The van der Waals surface area contributed by atoms with Crippen LogP contribution in [0.3, 0.4) is 0 Å². The Labute approximate surface area is 203 Å². The summed E-state index contributed by atoms with van der Waals surface area (Å²) in [7, 11) is -3.75. The molecule has 0 aliphatic carbocycles. The van der Waals surface area contributed by atoms with Gasteiger partial charge < -0.3 is 10.4 Å². The molecule has 3 aromatic rings. The van der Waals surface area contributed by atoms with Crippen LogP contribution in [0.5, 0.6) is 0 Å². The number of allylic oxidation sites excluding steroid dienone is 1. The topological polar surface area (TPSA) is 108 Å². The SMILES string of the molecule is C=CC(=Nc1ccccc1C)c1cc(NC(=O)c2ccc(S(=O)(=O)NCCO)cc2)ccc1Cl. The Hall–Kier alpha value is -3.30. The normalized spacial score (nSPS) is 11.8. The summed E-state index contributed by atoms with van der Waals surface area (Å²) in [4.78, 5) is 17.4. The molecule has 0 bridgehead atoms. The number of benzene rings is 3. The van der Waals surface area contributed by atoms with Gasteiger partial charge in [0, 0.05) is 23.4 Å². The van der Waals surface area contributed by atoms with Crippen LogP contribution >= 0.6 is 11.6 Å². The quantitative estimate of drug-likeness (QED) is 0.379. The van der Waals surface area contributed by atoms with E-state index < -0.39 is 15.9 Å². The van der Waals surface area contributed by atoms with Crippen LogP contribution < -0.4 is 10.0 Å². The van der Waals surface area contributed by atoms with Crippen LogP contribution in [0.25, 0.3) is 0 Å². The molecule has 0 aliphatic heterocycles. The van der Waals surface area contributed by atoms with Gasteiger partial charge >= 0.3 is 0 Å². The lowest BCUT2D eigenvalue weighted by atomic mass is 10.1. The van der Waals surface area contributed by atoms with E-state index in [1.54, 1.807) is 24.3 Å². The van der Waals surface area contributed by atoms with Crippen molar-refractivity contribution in [2.45, 2.75) is 11.8 Å². The van der Waals surface area contributed by atoms with E-state index in [1.165, 1.54) is 24.3 Å². The van der Waals surface area contributed by atoms with Crippen LogP contribution in [0.2, 0.25) is 5.02 Å². The molecule has 1 amide bonds. The summed E-state index contributed by atoms with van der Waals surface area (Å²) in [6, 6.07) is 18.2. The summed E-state index contributed by atoms with van der Waals surface area (Å²) in [6.45, 7) is 5.39. The van der Waals surface area contributed by atoms with Crippen molar-refractivity contribution in [3.63, 3.8) is 0 Å². The molecule has 7 nitrogen and oxygen atoms in total. The van der Waals surface area contributed by atoms with E-state index in [0.29, 0.717) is 22.0 Å². The standard InChI is InChI=1S/C25H24ClN3O4S/c1-3-23(29-24-7-5-4-6-17(24)2)21-16-19(10-13-22(21)26)28-25(31)18-8-11-20(12-9-18)34(32,33)27-14-15-30/h3-13,16,27,30H,1,14-15H2,2H3,(H,28,31). The molecule has 0 atom stereocenters. The van der Waals surface area contributed by atoms with E-state index >= 15 is 0 Å². The average molecular weight is 498 g/mol.